The lowest BCUT2D eigenvalue weighted by Gasteiger charge is -2.20. The number of hydrogen-bond acceptors (Lipinski definition) is 2. The summed E-state index contributed by atoms with van der Waals surface area (Å²) >= 11 is 0. The van der Waals surface area contributed by atoms with Gasteiger partial charge in [0.1, 0.15) is 0 Å². The molecule has 0 spiro atoms. The summed E-state index contributed by atoms with van der Waals surface area (Å²) in [5.74, 6) is 0.134. The summed E-state index contributed by atoms with van der Waals surface area (Å²) in [4.78, 5) is 21.5. The average molecular weight is 229 g/mol. The molecule has 0 saturated heterocycles. The van der Waals surface area contributed by atoms with Crippen LogP contribution in [0, 0.1) is 11.8 Å². The molecular weight excluding hydrogens is 206 g/mol. The lowest BCUT2D eigenvalue weighted by molar-refractivity contribution is -0.137. The molecule has 4 nitrogen and oxygen atoms in total. The SMILES string of the molecule is CCC(=O)NCCC(CCC(=O)O)C(C)C. The second-order valence-electron chi connectivity index (χ2n) is 4.43. The minimum absolute atomic E-state index is 0.0562. The van der Waals surface area contributed by atoms with Gasteiger partial charge in [-0.3, -0.25) is 9.59 Å². The zero-order chi connectivity index (χ0) is 12.6. The van der Waals surface area contributed by atoms with Crippen LogP contribution in [0.4, 0.5) is 0 Å². The summed E-state index contributed by atoms with van der Waals surface area (Å²) in [6.45, 7) is 6.65. The van der Waals surface area contributed by atoms with Crippen LogP contribution in [0.2, 0.25) is 0 Å². The number of aliphatic carboxylic acids is 1. The summed E-state index contributed by atoms with van der Waals surface area (Å²) in [5.41, 5.74) is 0. The highest BCUT2D eigenvalue weighted by Gasteiger charge is 2.14. The molecule has 16 heavy (non-hydrogen) atoms. The van der Waals surface area contributed by atoms with Crippen LogP contribution in [0.1, 0.15) is 46.5 Å². The van der Waals surface area contributed by atoms with Crippen molar-refractivity contribution in [3.8, 4) is 0 Å². The number of carbonyl (C=O) groups is 2. The Morgan fingerprint density at radius 2 is 1.88 bits per heavy atom. The standard InChI is InChI=1S/C12H23NO3/c1-4-11(14)13-8-7-10(9(2)3)5-6-12(15)16/h9-10H,4-8H2,1-3H3,(H,13,14)(H,15,16). The molecular formula is C12H23NO3. The van der Waals surface area contributed by atoms with Gasteiger partial charge in [0.05, 0.1) is 0 Å². The van der Waals surface area contributed by atoms with E-state index in [1.807, 2.05) is 6.92 Å². The molecule has 0 radical (unpaired) electrons. The molecule has 94 valence electrons. The number of hydrogen-bond donors (Lipinski definition) is 2. The topological polar surface area (TPSA) is 66.4 Å². The number of carbonyl (C=O) groups excluding carboxylic acids is 1. The fourth-order valence-corrected chi connectivity index (χ4v) is 1.64. The molecule has 0 rings (SSSR count). The first-order valence-corrected chi connectivity index (χ1v) is 5.95. The minimum Gasteiger partial charge on any atom is -0.481 e. The van der Waals surface area contributed by atoms with Crippen molar-refractivity contribution < 1.29 is 14.7 Å². The highest BCUT2D eigenvalue weighted by atomic mass is 16.4. The van der Waals surface area contributed by atoms with Gasteiger partial charge in [-0.05, 0) is 24.7 Å². The van der Waals surface area contributed by atoms with Crippen LogP contribution in [-0.2, 0) is 9.59 Å². The Bertz CT molecular complexity index is 226. The third-order valence-electron chi connectivity index (χ3n) is 2.83. The quantitative estimate of drug-likeness (QED) is 0.669. The number of carboxylic acids is 1. The van der Waals surface area contributed by atoms with E-state index >= 15 is 0 Å². The molecule has 1 atom stereocenters. The van der Waals surface area contributed by atoms with Crippen LogP contribution in [0.5, 0.6) is 0 Å². The molecule has 0 aliphatic carbocycles. The first kappa shape index (κ1) is 14.9. The van der Waals surface area contributed by atoms with Gasteiger partial charge in [0.25, 0.3) is 0 Å². The fraction of sp³-hybridized carbons (Fsp3) is 0.833. The second-order valence-corrected chi connectivity index (χ2v) is 4.43. The largest absolute Gasteiger partial charge is 0.481 e. The summed E-state index contributed by atoms with van der Waals surface area (Å²) in [6, 6.07) is 0. The average Bonchev–Trinajstić information content (AvgIpc) is 2.21. The van der Waals surface area contributed by atoms with Crippen LogP contribution in [-0.4, -0.2) is 23.5 Å². The van der Waals surface area contributed by atoms with Crippen molar-refractivity contribution in [2.45, 2.75) is 46.5 Å². The van der Waals surface area contributed by atoms with E-state index in [2.05, 4.69) is 19.2 Å². The molecule has 0 aliphatic heterocycles. The summed E-state index contributed by atoms with van der Waals surface area (Å²) in [6.07, 6.45) is 2.26. The van der Waals surface area contributed by atoms with Crippen molar-refractivity contribution in [1.29, 1.82) is 0 Å². The number of nitrogens with one attached hydrogen (secondary N) is 1. The first-order chi connectivity index (χ1) is 7.47. The van der Waals surface area contributed by atoms with Gasteiger partial charge in [-0.25, -0.2) is 0 Å². The monoisotopic (exact) mass is 229 g/mol. The predicted octanol–water partition coefficient (Wildman–Crippen LogP) is 2.04. The fourth-order valence-electron chi connectivity index (χ4n) is 1.64. The summed E-state index contributed by atoms with van der Waals surface area (Å²) in [7, 11) is 0. The van der Waals surface area contributed by atoms with Crippen LogP contribution in [0.15, 0.2) is 0 Å². The van der Waals surface area contributed by atoms with E-state index in [1.165, 1.54) is 0 Å². The summed E-state index contributed by atoms with van der Waals surface area (Å²) in [5, 5.41) is 11.4. The van der Waals surface area contributed by atoms with E-state index in [9.17, 15) is 9.59 Å². The molecule has 1 unspecified atom stereocenters. The highest BCUT2D eigenvalue weighted by Crippen LogP contribution is 2.20. The Morgan fingerprint density at radius 1 is 1.25 bits per heavy atom. The zero-order valence-corrected chi connectivity index (χ0v) is 10.5. The Hall–Kier alpha value is -1.06. The Balaban J connectivity index is 3.85. The van der Waals surface area contributed by atoms with Crippen molar-refractivity contribution >= 4 is 11.9 Å². The predicted molar refractivity (Wildman–Crippen MR) is 63.1 cm³/mol. The van der Waals surface area contributed by atoms with Crippen molar-refractivity contribution in [3.63, 3.8) is 0 Å². The number of carboxylic acid groups (broad SMARTS) is 1. The van der Waals surface area contributed by atoms with Gasteiger partial charge in [0.15, 0.2) is 0 Å². The van der Waals surface area contributed by atoms with Crippen LogP contribution in [0.25, 0.3) is 0 Å². The van der Waals surface area contributed by atoms with Crippen molar-refractivity contribution in [2.75, 3.05) is 6.54 Å². The summed E-state index contributed by atoms with van der Waals surface area (Å²) < 4.78 is 0. The highest BCUT2D eigenvalue weighted by molar-refractivity contribution is 5.75. The molecule has 0 aromatic carbocycles. The number of amides is 1. The van der Waals surface area contributed by atoms with Crippen LogP contribution in [0.3, 0.4) is 0 Å². The smallest absolute Gasteiger partial charge is 0.303 e. The third-order valence-corrected chi connectivity index (χ3v) is 2.83. The maximum Gasteiger partial charge on any atom is 0.303 e. The van der Waals surface area contributed by atoms with Gasteiger partial charge in [0, 0.05) is 19.4 Å². The van der Waals surface area contributed by atoms with Crippen molar-refractivity contribution in [2.24, 2.45) is 11.8 Å². The van der Waals surface area contributed by atoms with Crippen molar-refractivity contribution in [1.82, 2.24) is 5.32 Å². The van der Waals surface area contributed by atoms with Gasteiger partial charge < -0.3 is 10.4 Å². The minimum atomic E-state index is -0.747. The maximum atomic E-state index is 11.0. The second kappa shape index (κ2) is 8.13. The van der Waals surface area contributed by atoms with Crippen LogP contribution < -0.4 is 5.32 Å². The van der Waals surface area contributed by atoms with Gasteiger partial charge in [-0.1, -0.05) is 20.8 Å². The molecule has 0 aliphatic rings. The molecule has 1 amide bonds. The van der Waals surface area contributed by atoms with Crippen LogP contribution >= 0.6 is 0 Å². The molecule has 0 bridgehead atoms. The van der Waals surface area contributed by atoms with E-state index < -0.39 is 5.97 Å². The normalized spacial score (nSPS) is 12.5. The van der Waals surface area contributed by atoms with E-state index in [4.69, 9.17) is 5.11 Å². The molecule has 0 aromatic heterocycles. The molecule has 0 heterocycles. The molecule has 4 heteroatoms. The maximum absolute atomic E-state index is 11.0. The Morgan fingerprint density at radius 3 is 2.31 bits per heavy atom. The molecule has 0 aromatic rings. The van der Waals surface area contributed by atoms with Gasteiger partial charge in [-0.15, -0.1) is 0 Å². The Kier molecular flexibility index (Phi) is 7.60. The third kappa shape index (κ3) is 7.26. The molecule has 2 N–H and O–H groups in total. The van der Waals surface area contributed by atoms with Gasteiger partial charge in [0.2, 0.25) is 5.91 Å². The zero-order valence-electron chi connectivity index (χ0n) is 10.5. The van der Waals surface area contributed by atoms with Gasteiger partial charge in [-0.2, -0.15) is 0 Å². The Labute approximate surface area is 97.4 Å². The number of rotatable bonds is 8. The molecule has 0 saturated carbocycles. The van der Waals surface area contributed by atoms with Gasteiger partial charge >= 0.3 is 5.97 Å². The first-order valence-electron chi connectivity index (χ1n) is 5.95. The lowest BCUT2D eigenvalue weighted by atomic mass is 9.88. The van der Waals surface area contributed by atoms with E-state index in [-0.39, 0.29) is 12.3 Å². The lowest BCUT2D eigenvalue weighted by Crippen LogP contribution is -2.26. The van der Waals surface area contributed by atoms with E-state index in [0.717, 1.165) is 6.42 Å². The molecule has 0 fully saturated rings. The van der Waals surface area contributed by atoms with Crippen molar-refractivity contribution in [3.05, 3.63) is 0 Å². The van der Waals surface area contributed by atoms with E-state index in [1.54, 1.807) is 0 Å². The van der Waals surface area contributed by atoms with E-state index in [0.29, 0.717) is 31.2 Å².